The molecule has 1 saturated heterocycles. The number of benzene rings is 2. The fraction of sp³-hybridized carbons (Fsp3) is 0.190. The molecule has 1 aliphatic rings. The first-order valence-electron chi connectivity index (χ1n) is 8.97. The number of hydrogen-bond donors (Lipinski definition) is 1. The van der Waals surface area contributed by atoms with Gasteiger partial charge in [0.2, 0.25) is 5.91 Å². The van der Waals surface area contributed by atoms with Crippen LogP contribution in [0.15, 0.2) is 53.1 Å². The average molecular weight is 396 g/mol. The van der Waals surface area contributed by atoms with Crippen molar-refractivity contribution in [1.82, 2.24) is 5.16 Å². The van der Waals surface area contributed by atoms with Crippen LogP contribution in [0.2, 0.25) is 5.02 Å². The van der Waals surface area contributed by atoms with Gasteiger partial charge in [0.1, 0.15) is 17.0 Å². The van der Waals surface area contributed by atoms with Crippen LogP contribution in [-0.4, -0.2) is 23.5 Å². The highest BCUT2D eigenvalue weighted by atomic mass is 35.5. The Kier molecular flexibility index (Phi) is 4.88. The second-order valence-corrected chi connectivity index (χ2v) is 7.00. The maximum atomic E-state index is 13.0. The van der Waals surface area contributed by atoms with E-state index in [2.05, 4.69) is 10.5 Å². The molecule has 3 aromatic rings. The SMILES string of the molecule is Cc1onc(-c2ccccc2Cl)c1C(=O)Nc1cccc(N2CCCC2=O)c1. The van der Waals surface area contributed by atoms with Gasteiger partial charge in [-0.3, -0.25) is 9.59 Å². The van der Waals surface area contributed by atoms with E-state index >= 15 is 0 Å². The third-order valence-electron chi connectivity index (χ3n) is 4.71. The number of carbonyl (C=O) groups excluding carboxylic acids is 2. The summed E-state index contributed by atoms with van der Waals surface area (Å²) in [5.74, 6) is 0.149. The maximum absolute atomic E-state index is 13.0. The highest BCUT2D eigenvalue weighted by Crippen LogP contribution is 2.32. The zero-order chi connectivity index (χ0) is 19.7. The molecule has 142 valence electrons. The molecule has 2 aromatic carbocycles. The highest BCUT2D eigenvalue weighted by molar-refractivity contribution is 6.33. The van der Waals surface area contributed by atoms with Crippen molar-refractivity contribution in [2.24, 2.45) is 0 Å². The van der Waals surface area contributed by atoms with Crippen LogP contribution in [0.1, 0.15) is 29.0 Å². The van der Waals surface area contributed by atoms with Gasteiger partial charge in [-0.25, -0.2) is 0 Å². The Morgan fingerprint density at radius 2 is 2.04 bits per heavy atom. The third kappa shape index (κ3) is 3.39. The molecule has 0 atom stereocenters. The highest BCUT2D eigenvalue weighted by Gasteiger charge is 2.24. The summed E-state index contributed by atoms with van der Waals surface area (Å²) < 4.78 is 5.26. The fourth-order valence-electron chi connectivity index (χ4n) is 3.34. The monoisotopic (exact) mass is 395 g/mol. The second kappa shape index (κ2) is 7.48. The number of amides is 2. The van der Waals surface area contributed by atoms with Crippen molar-refractivity contribution in [1.29, 1.82) is 0 Å². The predicted molar refractivity (Wildman–Crippen MR) is 108 cm³/mol. The van der Waals surface area contributed by atoms with E-state index in [1.807, 2.05) is 24.3 Å². The summed E-state index contributed by atoms with van der Waals surface area (Å²) in [6.45, 7) is 2.37. The van der Waals surface area contributed by atoms with Gasteiger partial charge in [0.05, 0.1) is 5.02 Å². The minimum atomic E-state index is -0.349. The molecule has 1 aliphatic heterocycles. The molecule has 0 spiro atoms. The molecule has 1 fully saturated rings. The van der Waals surface area contributed by atoms with Gasteiger partial charge in [0, 0.05) is 29.9 Å². The smallest absolute Gasteiger partial charge is 0.261 e. The van der Waals surface area contributed by atoms with Gasteiger partial charge in [0.15, 0.2) is 0 Å². The fourth-order valence-corrected chi connectivity index (χ4v) is 3.57. The minimum Gasteiger partial charge on any atom is -0.360 e. The van der Waals surface area contributed by atoms with Crippen LogP contribution < -0.4 is 10.2 Å². The molecule has 0 aliphatic carbocycles. The Morgan fingerprint density at radius 3 is 2.79 bits per heavy atom. The molecule has 0 bridgehead atoms. The number of aryl methyl sites for hydroxylation is 1. The van der Waals surface area contributed by atoms with Gasteiger partial charge in [-0.2, -0.15) is 0 Å². The molecular formula is C21H18ClN3O3. The van der Waals surface area contributed by atoms with Crippen molar-refractivity contribution >= 4 is 34.8 Å². The van der Waals surface area contributed by atoms with Crippen LogP contribution in [0, 0.1) is 6.92 Å². The first-order chi connectivity index (χ1) is 13.5. The maximum Gasteiger partial charge on any atom is 0.261 e. The van der Waals surface area contributed by atoms with Gasteiger partial charge < -0.3 is 14.7 Å². The number of nitrogens with zero attached hydrogens (tertiary/aromatic N) is 2. The molecular weight excluding hydrogens is 378 g/mol. The first-order valence-corrected chi connectivity index (χ1v) is 9.35. The van der Waals surface area contributed by atoms with Crippen LogP contribution in [0.25, 0.3) is 11.3 Å². The third-order valence-corrected chi connectivity index (χ3v) is 5.04. The topological polar surface area (TPSA) is 75.4 Å². The van der Waals surface area contributed by atoms with E-state index in [1.165, 1.54) is 0 Å². The van der Waals surface area contributed by atoms with Gasteiger partial charge in [-0.1, -0.05) is 41.0 Å². The van der Waals surface area contributed by atoms with Gasteiger partial charge in [0.25, 0.3) is 5.91 Å². The lowest BCUT2D eigenvalue weighted by Gasteiger charge is -2.16. The number of nitrogens with one attached hydrogen (secondary N) is 1. The summed E-state index contributed by atoms with van der Waals surface area (Å²) in [6.07, 6.45) is 1.40. The Morgan fingerprint density at radius 1 is 1.21 bits per heavy atom. The summed E-state index contributed by atoms with van der Waals surface area (Å²) >= 11 is 6.26. The summed E-state index contributed by atoms with van der Waals surface area (Å²) in [6, 6.07) is 14.4. The zero-order valence-electron chi connectivity index (χ0n) is 15.2. The summed E-state index contributed by atoms with van der Waals surface area (Å²) in [7, 11) is 0. The van der Waals surface area contributed by atoms with Crippen molar-refractivity contribution in [3.63, 3.8) is 0 Å². The van der Waals surface area contributed by atoms with Crippen LogP contribution in [0.4, 0.5) is 11.4 Å². The van der Waals surface area contributed by atoms with E-state index in [4.69, 9.17) is 16.1 Å². The molecule has 6 nitrogen and oxygen atoms in total. The number of halogens is 1. The molecule has 1 N–H and O–H groups in total. The number of carbonyl (C=O) groups is 2. The van der Waals surface area contributed by atoms with E-state index < -0.39 is 0 Å². The molecule has 0 unspecified atom stereocenters. The lowest BCUT2D eigenvalue weighted by molar-refractivity contribution is -0.117. The predicted octanol–water partition coefficient (Wildman–Crippen LogP) is 4.68. The number of rotatable bonds is 4. The molecule has 4 rings (SSSR count). The molecule has 2 heterocycles. The van der Waals surface area contributed by atoms with E-state index in [-0.39, 0.29) is 11.8 Å². The Balaban J connectivity index is 1.63. The lowest BCUT2D eigenvalue weighted by Crippen LogP contribution is -2.23. The lowest BCUT2D eigenvalue weighted by atomic mass is 10.1. The van der Waals surface area contributed by atoms with E-state index in [0.29, 0.717) is 46.3 Å². The van der Waals surface area contributed by atoms with E-state index in [1.54, 1.807) is 36.1 Å². The standard InChI is InChI=1S/C21H18ClN3O3/c1-13-19(20(24-28-13)16-8-2-3-9-17(16)22)21(27)23-14-6-4-7-15(12-14)25-11-5-10-18(25)26/h2-4,6-9,12H,5,10-11H2,1H3,(H,23,27). The Labute approximate surface area is 167 Å². The summed E-state index contributed by atoms with van der Waals surface area (Å²) in [5.41, 5.74) is 2.71. The normalized spacial score (nSPS) is 13.8. The number of anilines is 2. The van der Waals surface area contributed by atoms with Gasteiger partial charge >= 0.3 is 0 Å². The number of aromatic nitrogens is 1. The molecule has 1 aromatic heterocycles. The van der Waals surface area contributed by atoms with Crippen molar-refractivity contribution in [3.05, 3.63) is 64.9 Å². The zero-order valence-corrected chi connectivity index (χ0v) is 16.0. The van der Waals surface area contributed by atoms with E-state index in [0.717, 1.165) is 12.1 Å². The summed E-state index contributed by atoms with van der Waals surface area (Å²) in [4.78, 5) is 26.7. The largest absolute Gasteiger partial charge is 0.360 e. The molecule has 7 heteroatoms. The summed E-state index contributed by atoms with van der Waals surface area (Å²) in [5, 5.41) is 7.39. The Bertz CT molecular complexity index is 1060. The average Bonchev–Trinajstić information content (AvgIpc) is 3.28. The minimum absolute atomic E-state index is 0.0966. The van der Waals surface area contributed by atoms with Gasteiger partial charge in [-0.05, 0) is 37.6 Å². The van der Waals surface area contributed by atoms with Crippen molar-refractivity contribution < 1.29 is 14.1 Å². The second-order valence-electron chi connectivity index (χ2n) is 6.60. The first kappa shape index (κ1) is 18.3. The molecule has 28 heavy (non-hydrogen) atoms. The van der Waals surface area contributed by atoms with Crippen molar-refractivity contribution in [2.45, 2.75) is 19.8 Å². The Hall–Kier alpha value is -3.12. The van der Waals surface area contributed by atoms with E-state index in [9.17, 15) is 9.59 Å². The van der Waals surface area contributed by atoms with Crippen LogP contribution in [-0.2, 0) is 4.79 Å². The van der Waals surface area contributed by atoms with Gasteiger partial charge in [-0.15, -0.1) is 0 Å². The molecule has 0 radical (unpaired) electrons. The quantitative estimate of drug-likeness (QED) is 0.695. The molecule has 0 saturated carbocycles. The van der Waals surface area contributed by atoms with Crippen molar-refractivity contribution in [2.75, 3.05) is 16.8 Å². The van der Waals surface area contributed by atoms with Crippen LogP contribution >= 0.6 is 11.6 Å². The molecule has 2 amide bonds. The van der Waals surface area contributed by atoms with Crippen LogP contribution in [0.5, 0.6) is 0 Å². The van der Waals surface area contributed by atoms with Crippen molar-refractivity contribution in [3.8, 4) is 11.3 Å². The van der Waals surface area contributed by atoms with Crippen LogP contribution in [0.3, 0.4) is 0 Å². The number of hydrogen-bond acceptors (Lipinski definition) is 4.